The monoisotopic (exact) mass is 231 g/mol. The van der Waals surface area contributed by atoms with E-state index in [1.807, 2.05) is 19.9 Å². The molecule has 1 aromatic rings. The summed E-state index contributed by atoms with van der Waals surface area (Å²) >= 11 is 0. The minimum Gasteiger partial charge on any atom is -0.496 e. The Bertz CT molecular complexity index is 446. The fraction of sp³-hybridized carbons (Fsp3) is 0.429. The number of nitrogens with zero attached hydrogens (tertiary/aromatic N) is 1. The molecule has 0 N–H and O–H groups in total. The van der Waals surface area contributed by atoms with Crippen molar-refractivity contribution in [1.29, 1.82) is 5.26 Å². The fourth-order valence-corrected chi connectivity index (χ4v) is 1.72. The van der Waals surface area contributed by atoms with Gasteiger partial charge in [0.1, 0.15) is 11.7 Å². The lowest BCUT2D eigenvalue weighted by molar-refractivity contribution is 0.0943. The molecular formula is C14H17NO2. The Morgan fingerprint density at radius 1 is 1.53 bits per heavy atom. The van der Waals surface area contributed by atoms with E-state index >= 15 is 0 Å². The summed E-state index contributed by atoms with van der Waals surface area (Å²) in [5.74, 6) is 0.0177. The third-order valence-electron chi connectivity index (χ3n) is 2.74. The lowest BCUT2D eigenvalue weighted by Gasteiger charge is -2.09. The molecule has 0 aliphatic rings. The summed E-state index contributed by atoms with van der Waals surface area (Å²) in [6.45, 7) is 3.88. The van der Waals surface area contributed by atoms with Crippen molar-refractivity contribution in [3.8, 4) is 11.8 Å². The van der Waals surface area contributed by atoms with Crippen molar-refractivity contribution in [3.05, 3.63) is 29.3 Å². The summed E-state index contributed by atoms with van der Waals surface area (Å²) in [6.07, 6.45) is 1.43. The average Bonchev–Trinajstić information content (AvgIpc) is 2.35. The van der Waals surface area contributed by atoms with Crippen LogP contribution in [0, 0.1) is 24.2 Å². The molecule has 0 fully saturated rings. The van der Waals surface area contributed by atoms with Gasteiger partial charge in [0.15, 0.2) is 5.78 Å². The van der Waals surface area contributed by atoms with Crippen LogP contribution in [-0.4, -0.2) is 12.9 Å². The summed E-state index contributed by atoms with van der Waals surface area (Å²) in [4.78, 5) is 12.1. The van der Waals surface area contributed by atoms with Crippen LogP contribution in [0.1, 0.15) is 35.7 Å². The summed E-state index contributed by atoms with van der Waals surface area (Å²) in [6, 6.07) is 7.36. The summed E-state index contributed by atoms with van der Waals surface area (Å²) in [7, 11) is 1.57. The van der Waals surface area contributed by atoms with Gasteiger partial charge in [0.2, 0.25) is 0 Å². The molecule has 17 heavy (non-hydrogen) atoms. The van der Waals surface area contributed by atoms with Crippen LogP contribution in [-0.2, 0) is 0 Å². The summed E-state index contributed by atoms with van der Waals surface area (Å²) in [5, 5.41) is 8.97. The number of aryl methyl sites for hydroxylation is 1. The van der Waals surface area contributed by atoms with Gasteiger partial charge in [0.05, 0.1) is 13.2 Å². The molecule has 0 aliphatic heterocycles. The number of hydrogen-bond donors (Lipinski definition) is 0. The first-order valence-electron chi connectivity index (χ1n) is 5.72. The van der Waals surface area contributed by atoms with Gasteiger partial charge >= 0.3 is 0 Å². The van der Waals surface area contributed by atoms with Crippen LogP contribution in [0.5, 0.6) is 5.75 Å². The molecule has 0 spiro atoms. The number of Topliss-reactive ketones (excluding diaryl/α,β-unsaturated/α-hetero) is 1. The smallest absolute Gasteiger partial charge is 0.180 e. The van der Waals surface area contributed by atoms with Crippen LogP contribution in [0.3, 0.4) is 0 Å². The Morgan fingerprint density at radius 3 is 2.76 bits per heavy atom. The van der Waals surface area contributed by atoms with Gasteiger partial charge in [-0.2, -0.15) is 5.26 Å². The van der Waals surface area contributed by atoms with Crippen LogP contribution in [0.2, 0.25) is 0 Å². The summed E-state index contributed by atoms with van der Waals surface area (Å²) in [5.41, 5.74) is 1.53. The second-order valence-electron chi connectivity index (χ2n) is 4.02. The highest BCUT2D eigenvalue weighted by Crippen LogP contribution is 2.22. The topological polar surface area (TPSA) is 50.1 Å². The third kappa shape index (κ3) is 3.07. The van der Waals surface area contributed by atoms with Gasteiger partial charge in [-0.05, 0) is 25.0 Å². The second kappa shape index (κ2) is 6.05. The van der Waals surface area contributed by atoms with E-state index in [9.17, 15) is 4.79 Å². The number of ether oxygens (including phenoxy) is 1. The minimum atomic E-state index is -0.549. The van der Waals surface area contributed by atoms with E-state index in [1.165, 1.54) is 0 Å². The number of carbonyl (C=O) groups is 1. The highest BCUT2D eigenvalue weighted by atomic mass is 16.5. The van der Waals surface area contributed by atoms with E-state index in [0.29, 0.717) is 17.7 Å². The van der Waals surface area contributed by atoms with Gasteiger partial charge in [-0.15, -0.1) is 0 Å². The van der Waals surface area contributed by atoms with E-state index in [4.69, 9.17) is 10.00 Å². The Hall–Kier alpha value is -1.82. The van der Waals surface area contributed by atoms with E-state index in [1.54, 1.807) is 19.2 Å². The highest BCUT2D eigenvalue weighted by molar-refractivity contribution is 5.99. The van der Waals surface area contributed by atoms with Gasteiger partial charge in [0, 0.05) is 5.56 Å². The van der Waals surface area contributed by atoms with Crippen molar-refractivity contribution in [1.82, 2.24) is 0 Å². The molecule has 0 aromatic heterocycles. The molecule has 0 radical (unpaired) electrons. The van der Waals surface area contributed by atoms with Gasteiger partial charge in [0.25, 0.3) is 0 Å². The van der Waals surface area contributed by atoms with Gasteiger partial charge in [-0.1, -0.05) is 25.5 Å². The zero-order chi connectivity index (χ0) is 12.8. The third-order valence-corrected chi connectivity index (χ3v) is 2.74. The van der Waals surface area contributed by atoms with E-state index in [-0.39, 0.29) is 5.78 Å². The largest absolute Gasteiger partial charge is 0.496 e. The zero-order valence-electron chi connectivity index (χ0n) is 10.5. The lowest BCUT2D eigenvalue weighted by Crippen LogP contribution is -2.13. The molecular weight excluding hydrogens is 214 g/mol. The molecule has 90 valence electrons. The van der Waals surface area contributed by atoms with Crippen LogP contribution in [0.25, 0.3) is 0 Å². The van der Waals surface area contributed by atoms with Crippen LogP contribution in [0.15, 0.2) is 18.2 Å². The molecule has 3 heteroatoms. The number of benzene rings is 1. The second-order valence-corrected chi connectivity index (χ2v) is 4.02. The number of carbonyl (C=O) groups excluding carboxylic acids is 1. The predicted octanol–water partition coefficient (Wildman–Crippen LogP) is 3.13. The standard InChI is InChI=1S/C14H17NO2/c1-4-5-12(9-15)14(16)11-7-6-10(2)13(8-11)17-3/h6-8,12H,4-5H2,1-3H3. The molecule has 0 saturated heterocycles. The Kier molecular flexibility index (Phi) is 4.71. The van der Waals surface area contributed by atoms with Crippen molar-refractivity contribution in [3.63, 3.8) is 0 Å². The minimum absolute atomic E-state index is 0.118. The first-order valence-corrected chi connectivity index (χ1v) is 5.72. The molecule has 1 rings (SSSR count). The molecule has 0 aliphatic carbocycles. The number of hydrogen-bond acceptors (Lipinski definition) is 3. The van der Waals surface area contributed by atoms with Crippen molar-refractivity contribution < 1.29 is 9.53 Å². The highest BCUT2D eigenvalue weighted by Gasteiger charge is 2.19. The molecule has 1 unspecified atom stereocenters. The van der Waals surface area contributed by atoms with Gasteiger partial charge < -0.3 is 4.74 Å². The number of rotatable bonds is 5. The van der Waals surface area contributed by atoms with Crippen molar-refractivity contribution in [2.75, 3.05) is 7.11 Å². The molecule has 1 atom stereocenters. The van der Waals surface area contributed by atoms with Gasteiger partial charge in [-0.3, -0.25) is 4.79 Å². The van der Waals surface area contributed by atoms with Crippen LogP contribution in [0.4, 0.5) is 0 Å². The maximum atomic E-state index is 12.1. The Balaban J connectivity index is 3.00. The normalized spacial score (nSPS) is 11.6. The molecule has 0 saturated carbocycles. The molecule has 3 nitrogen and oxygen atoms in total. The van der Waals surface area contributed by atoms with Gasteiger partial charge in [-0.25, -0.2) is 0 Å². The summed E-state index contributed by atoms with van der Waals surface area (Å²) < 4.78 is 5.17. The zero-order valence-corrected chi connectivity index (χ0v) is 10.5. The van der Waals surface area contributed by atoms with E-state index in [2.05, 4.69) is 6.07 Å². The molecule has 0 bridgehead atoms. The van der Waals surface area contributed by atoms with Crippen molar-refractivity contribution >= 4 is 5.78 Å². The average molecular weight is 231 g/mol. The Morgan fingerprint density at radius 2 is 2.24 bits per heavy atom. The van der Waals surface area contributed by atoms with Crippen molar-refractivity contribution in [2.45, 2.75) is 26.7 Å². The van der Waals surface area contributed by atoms with E-state index in [0.717, 1.165) is 12.0 Å². The molecule has 1 aromatic carbocycles. The van der Waals surface area contributed by atoms with Crippen LogP contribution < -0.4 is 4.74 Å². The molecule has 0 heterocycles. The predicted molar refractivity (Wildman–Crippen MR) is 66.1 cm³/mol. The van der Waals surface area contributed by atoms with Crippen LogP contribution >= 0.6 is 0 Å². The lowest BCUT2D eigenvalue weighted by atomic mass is 9.94. The quantitative estimate of drug-likeness (QED) is 0.731. The maximum Gasteiger partial charge on any atom is 0.180 e. The van der Waals surface area contributed by atoms with Crippen molar-refractivity contribution in [2.24, 2.45) is 5.92 Å². The fourth-order valence-electron chi connectivity index (χ4n) is 1.72. The maximum absolute atomic E-state index is 12.1. The number of nitriles is 1. The first kappa shape index (κ1) is 13.2. The molecule has 0 amide bonds. The number of ketones is 1. The SMILES string of the molecule is CCCC(C#N)C(=O)c1ccc(C)c(OC)c1. The first-order chi connectivity index (χ1) is 8.13. The number of methoxy groups -OCH3 is 1. The Labute approximate surface area is 102 Å². The van der Waals surface area contributed by atoms with E-state index < -0.39 is 5.92 Å².